The zero-order valence-electron chi connectivity index (χ0n) is 19.1. The van der Waals surface area contributed by atoms with Gasteiger partial charge in [-0.3, -0.25) is 10.1 Å². The summed E-state index contributed by atoms with van der Waals surface area (Å²) in [6.07, 6.45) is 0. The highest BCUT2D eigenvalue weighted by Crippen LogP contribution is 2.36. The van der Waals surface area contributed by atoms with Gasteiger partial charge >= 0.3 is 0 Å². The van der Waals surface area contributed by atoms with Gasteiger partial charge in [-0.05, 0) is 42.3 Å². The number of hydrogen-bond donors (Lipinski definition) is 0. The van der Waals surface area contributed by atoms with Crippen molar-refractivity contribution >= 4 is 15.9 Å². The minimum Gasteiger partial charge on any atom is -0.497 e. The second kappa shape index (κ2) is 10.9. The molecule has 8 nitrogen and oxygen atoms in total. The van der Waals surface area contributed by atoms with Gasteiger partial charge in [-0.1, -0.05) is 60.2 Å². The second-order valence-corrected chi connectivity index (χ2v) is 9.31. The smallest absolute Gasteiger partial charge is 0.285 e. The summed E-state index contributed by atoms with van der Waals surface area (Å²) in [5.41, 5.74) is 2.18. The third-order valence-corrected chi connectivity index (χ3v) is 6.74. The van der Waals surface area contributed by atoms with Crippen LogP contribution in [0.4, 0.5) is 0 Å². The van der Waals surface area contributed by atoms with E-state index in [1.165, 1.54) is 26.4 Å². The molecule has 0 radical (unpaired) electrons. The summed E-state index contributed by atoms with van der Waals surface area (Å²) in [6, 6.07) is 22.1. The van der Waals surface area contributed by atoms with Gasteiger partial charge < -0.3 is 9.47 Å². The molecule has 0 saturated carbocycles. The van der Waals surface area contributed by atoms with Crippen LogP contribution in [0.15, 0.2) is 88.2 Å². The van der Waals surface area contributed by atoms with Crippen LogP contribution in [0.25, 0.3) is 0 Å². The lowest BCUT2D eigenvalue weighted by molar-refractivity contribution is -0.483. The molecule has 9 heteroatoms. The van der Waals surface area contributed by atoms with Gasteiger partial charge in [0.2, 0.25) is 12.4 Å². The first kappa shape index (κ1) is 24.9. The molecule has 0 bridgehead atoms. The van der Waals surface area contributed by atoms with E-state index in [0.29, 0.717) is 16.9 Å². The summed E-state index contributed by atoms with van der Waals surface area (Å²) in [5.74, 6) is -1.13. The molecule has 0 amide bonds. The van der Waals surface area contributed by atoms with Gasteiger partial charge in [-0.15, -0.1) is 4.40 Å². The number of sulfonamides is 1. The van der Waals surface area contributed by atoms with Gasteiger partial charge in [0, 0.05) is 4.92 Å². The van der Waals surface area contributed by atoms with Crippen molar-refractivity contribution in [2.24, 2.45) is 4.40 Å². The van der Waals surface area contributed by atoms with E-state index in [2.05, 4.69) is 4.40 Å². The molecule has 0 N–H and O–H groups in total. The van der Waals surface area contributed by atoms with Crippen molar-refractivity contribution < 1.29 is 22.8 Å². The molecular weight excluding hydrogens is 456 g/mol. The molecule has 3 rings (SSSR count). The van der Waals surface area contributed by atoms with Crippen molar-refractivity contribution in [3.8, 4) is 5.75 Å². The molecule has 0 aliphatic carbocycles. The lowest BCUT2D eigenvalue weighted by atomic mass is 9.81. The molecule has 0 aliphatic heterocycles. The monoisotopic (exact) mass is 482 g/mol. The van der Waals surface area contributed by atoms with E-state index < -0.39 is 33.3 Å². The average molecular weight is 483 g/mol. The largest absolute Gasteiger partial charge is 0.497 e. The minimum absolute atomic E-state index is 0.00617. The number of nitrogens with zero attached hydrogens (tertiary/aromatic N) is 2. The van der Waals surface area contributed by atoms with Crippen LogP contribution in [0.3, 0.4) is 0 Å². The third kappa shape index (κ3) is 5.99. The lowest BCUT2D eigenvalue weighted by Gasteiger charge is -2.26. The first-order chi connectivity index (χ1) is 16.2. The predicted molar refractivity (Wildman–Crippen MR) is 130 cm³/mol. The SMILES string of the molecule is CO/C(=N\S(=O)(=O)c1ccc(C)cc1)[C@H](c1ccc(OC)cc1)[C@H](C[N+](=O)[O-])c1ccccc1. The van der Waals surface area contributed by atoms with Crippen LogP contribution in [-0.2, 0) is 14.8 Å². The van der Waals surface area contributed by atoms with Gasteiger partial charge in [0.15, 0.2) is 0 Å². The maximum absolute atomic E-state index is 13.1. The summed E-state index contributed by atoms with van der Waals surface area (Å²) >= 11 is 0. The number of rotatable bonds is 9. The zero-order valence-corrected chi connectivity index (χ0v) is 19.9. The molecule has 3 aromatic rings. The Morgan fingerprint density at radius 2 is 1.56 bits per heavy atom. The number of hydrogen-bond acceptors (Lipinski definition) is 6. The predicted octanol–water partition coefficient (Wildman–Crippen LogP) is 4.58. The van der Waals surface area contributed by atoms with Gasteiger partial charge in [0.05, 0.1) is 31.0 Å². The van der Waals surface area contributed by atoms with Crippen molar-refractivity contribution in [3.05, 3.63) is 106 Å². The second-order valence-electron chi connectivity index (χ2n) is 7.71. The van der Waals surface area contributed by atoms with Crippen LogP contribution < -0.4 is 4.74 Å². The fourth-order valence-corrected chi connectivity index (χ4v) is 4.74. The Morgan fingerprint density at radius 3 is 2.09 bits per heavy atom. The number of aryl methyl sites for hydroxylation is 1. The van der Waals surface area contributed by atoms with Gasteiger partial charge in [0.1, 0.15) is 5.75 Å². The Labute approximate surface area is 199 Å². The molecule has 0 heterocycles. The van der Waals surface area contributed by atoms with E-state index in [1.54, 1.807) is 60.7 Å². The fraction of sp³-hybridized carbons (Fsp3) is 0.240. The third-order valence-electron chi connectivity index (χ3n) is 5.45. The van der Waals surface area contributed by atoms with Crippen molar-refractivity contribution in [2.75, 3.05) is 20.8 Å². The molecular formula is C25H26N2O6S. The minimum atomic E-state index is -4.13. The Balaban J connectivity index is 2.20. The van der Waals surface area contributed by atoms with Crippen LogP contribution in [0.1, 0.15) is 28.5 Å². The van der Waals surface area contributed by atoms with Crippen LogP contribution in [0.2, 0.25) is 0 Å². The van der Waals surface area contributed by atoms with Crippen LogP contribution in [0, 0.1) is 17.0 Å². The standard InChI is InChI=1S/C25H26N2O6S/c1-18-9-15-22(16-10-18)34(30,31)26-25(33-3)24(20-11-13-21(32-2)14-12-20)23(17-27(28)29)19-7-5-4-6-8-19/h4-16,23-24H,17H2,1-3H3/b26-25-/t23-,24-/m1/s1. The first-order valence-corrected chi connectivity index (χ1v) is 12.0. The average Bonchev–Trinajstić information content (AvgIpc) is 2.83. The normalized spacial score (nSPS) is 13.7. The molecule has 0 unspecified atom stereocenters. The van der Waals surface area contributed by atoms with Crippen molar-refractivity contribution in [3.63, 3.8) is 0 Å². The number of nitro groups is 1. The maximum Gasteiger partial charge on any atom is 0.285 e. The molecule has 0 saturated heterocycles. The summed E-state index contributed by atoms with van der Waals surface area (Å²) in [4.78, 5) is 11.2. The lowest BCUT2D eigenvalue weighted by Crippen LogP contribution is -2.28. The summed E-state index contributed by atoms with van der Waals surface area (Å²) in [5, 5.41) is 11.7. The summed E-state index contributed by atoms with van der Waals surface area (Å²) < 4.78 is 41.0. The summed E-state index contributed by atoms with van der Waals surface area (Å²) in [6.45, 7) is 1.40. The molecule has 34 heavy (non-hydrogen) atoms. The highest BCUT2D eigenvalue weighted by atomic mass is 32.2. The molecule has 178 valence electrons. The van der Waals surface area contributed by atoms with E-state index in [1.807, 2.05) is 13.0 Å². The Kier molecular flexibility index (Phi) is 8.01. The van der Waals surface area contributed by atoms with Crippen molar-refractivity contribution in [1.82, 2.24) is 0 Å². The fourth-order valence-electron chi connectivity index (χ4n) is 3.72. The first-order valence-electron chi connectivity index (χ1n) is 10.5. The van der Waals surface area contributed by atoms with Gasteiger partial charge in [0.25, 0.3) is 10.0 Å². The topological polar surface area (TPSA) is 108 Å². The molecule has 0 aromatic heterocycles. The van der Waals surface area contributed by atoms with Crippen LogP contribution in [-0.4, -0.2) is 40.0 Å². The molecule has 2 atom stereocenters. The number of ether oxygens (including phenoxy) is 2. The van der Waals surface area contributed by atoms with Crippen molar-refractivity contribution in [1.29, 1.82) is 0 Å². The highest BCUT2D eigenvalue weighted by molar-refractivity contribution is 7.90. The van der Waals surface area contributed by atoms with E-state index >= 15 is 0 Å². The zero-order chi connectivity index (χ0) is 24.7. The van der Waals surface area contributed by atoms with Crippen LogP contribution >= 0.6 is 0 Å². The van der Waals surface area contributed by atoms with E-state index in [-0.39, 0.29) is 10.8 Å². The van der Waals surface area contributed by atoms with Gasteiger partial charge in [-0.2, -0.15) is 8.42 Å². The molecule has 0 fully saturated rings. The number of benzene rings is 3. The Bertz CT molecular complexity index is 1240. The molecule has 0 aliphatic rings. The van der Waals surface area contributed by atoms with Gasteiger partial charge in [-0.25, -0.2) is 0 Å². The van der Waals surface area contributed by atoms with E-state index in [4.69, 9.17) is 9.47 Å². The molecule has 0 spiro atoms. The van der Waals surface area contributed by atoms with Crippen LogP contribution in [0.5, 0.6) is 5.75 Å². The highest BCUT2D eigenvalue weighted by Gasteiger charge is 2.35. The summed E-state index contributed by atoms with van der Waals surface area (Å²) in [7, 11) is -1.29. The van der Waals surface area contributed by atoms with E-state index in [0.717, 1.165) is 5.56 Å². The Hall–Kier alpha value is -3.72. The van der Waals surface area contributed by atoms with E-state index in [9.17, 15) is 18.5 Å². The maximum atomic E-state index is 13.1. The Morgan fingerprint density at radius 1 is 0.941 bits per heavy atom. The van der Waals surface area contributed by atoms with Crippen molar-refractivity contribution in [2.45, 2.75) is 23.7 Å². The number of methoxy groups -OCH3 is 2. The quantitative estimate of drug-likeness (QED) is 0.191. The molecule has 3 aromatic carbocycles.